The van der Waals surface area contributed by atoms with Gasteiger partial charge in [0.1, 0.15) is 0 Å². The Hall–Kier alpha value is -0.200. The second-order valence-electron chi connectivity index (χ2n) is 6.20. The molecule has 0 radical (unpaired) electrons. The van der Waals surface area contributed by atoms with E-state index in [0.29, 0.717) is 15.6 Å². The van der Waals surface area contributed by atoms with Gasteiger partial charge in [-0.3, -0.25) is 4.79 Å². The van der Waals surface area contributed by atoms with Crippen molar-refractivity contribution in [2.75, 3.05) is 0 Å². The van der Waals surface area contributed by atoms with Crippen LogP contribution in [0.1, 0.15) is 22.3 Å². The number of halogens is 7. The summed E-state index contributed by atoms with van der Waals surface area (Å²) in [6.07, 6.45) is -1.09. The van der Waals surface area contributed by atoms with Crippen molar-refractivity contribution < 1.29 is 18.0 Å². The fraction of sp³-hybridized carbons (Fsp3) is 0.150. The monoisotopic (exact) mass is 736 g/mol. The number of hydrogen-bond acceptors (Lipinski definition) is 1. The number of hydrogen-bond donors (Lipinski definition) is 0. The first kappa shape index (κ1) is 22.5. The molecular formula is C20H11Br2F3I2O. The molecular weight excluding hydrogens is 727 g/mol. The van der Waals surface area contributed by atoms with Gasteiger partial charge in [0.25, 0.3) is 5.78 Å². The maximum absolute atomic E-state index is 12.5. The molecule has 2 aromatic carbocycles. The van der Waals surface area contributed by atoms with Gasteiger partial charge in [0.05, 0.1) is 0 Å². The van der Waals surface area contributed by atoms with Crippen molar-refractivity contribution in [1.82, 2.24) is 0 Å². The second kappa shape index (κ2) is 8.89. The Kier molecular flexibility index (Phi) is 7.14. The summed E-state index contributed by atoms with van der Waals surface area (Å²) >= 11 is 10.9. The van der Waals surface area contributed by atoms with Crippen LogP contribution in [-0.4, -0.2) is 12.0 Å². The van der Waals surface area contributed by atoms with Crippen LogP contribution >= 0.6 is 77.0 Å². The number of rotatable bonds is 1. The highest BCUT2D eigenvalue weighted by Gasteiger charge is 2.43. The van der Waals surface area contributed by atoms with E-state index in [4.69, 9.17) is 0 Å². The molecule has 0 N–H and O–H groups in total. The second-order valence-corrected chi connectivity index (χ2v) is 10.7. The number of Topliss-reactive ketones (excluding diaryl/α,β-unsaturated/α-hetero) is 1. The van der Waals surface area contributed by atoms with Gasteiger partial charge in [-0.05, 0) is 101 Å². The van der Waals surface area contributed by atoms with E-state index in [2.05, 4.69) is 78.7 Å². The molecule has 0 saturated carbocycles. The Morgan fingerprint density at radius 3 is 2.18 bits per heavy atom. The summed E-state index contributed by atoms with van der Waals surface area (Å²) in [5.41, 5.74) is 3.73. The van der Waals surface area contributed by atoms with Gasteiger partial charge >= 0.3 is 6.18 Å². The molecule has 0 atom stereocenters. The quantitative estimate of drug-likeness (QED) is 0.271. The first-order valence-electron chi connectivity index (χ1n) is 7.99. The third kappa shape index (κ3) is 5.10. The lowest BCUT2D eigenvalue weighted by atomic mass is 10.0. The van der Waals surface area contributed by atoms with E-state index in [-0.39, 0.29) is 5.57 Å². The lowest BCUT2D eigenvalue weighted by molar-refractivity contribution is -0.164. The van der Waals surface area contributed by atoms with Gasteiger partial charge in [-0.25, -0.2) is 0 Å². The fourth-order valence-electron chi connectivity index (χ4n) is 3.01. The molecule has 2 aliphatic rings. The van der Waals surface area contributed by atoms with Crippen LogP contribution in [-0.2, 0) is 17.6 Å². The van der Waals surface area contributed by atoms with E-state index in [0.717, 1.165) is 16.5 Å². The molecule has 0 heterocycles. The van der Waals surface area contributed by atoms with Gasteiger partial charge in [0.15, 0.2) is 0 Å². The van der Waals surface area contributed by atoms with Crippen molar-refractivity contribution in [3.8, 4) is 0 Å². The molecule has 0 bridgehead atoms. The smallest absolute Gasteiger partial charge is 0.284 e. The average molecular weight is 738 g/mol. The number of ketones is 1. The minimum Gasteiger partial charge on any atom is -0.284 e. The van der Waals surface area contributed by atoms with Gasteiger partial charge in [0, 0.05) is 30.9 Å². The summed E-state index contributed by atoms with van der Waals surface area (Å²) in [4.78, 5) is 11.3. The van der Waals surface area contributed by atoms with Crippen LogP contribution in [0.5, 0.6) is 0 Å². The normalized spacial score (nSPS) is 14.9. The largest absolute Gasteiger partial charge is 0.454 e. The zero-order valence-corrected chi connectivity index (χ0v) is 21.5. The van der Waals surface area contributed by atoms with Gasteiger partial charge in [-0.1, -0.05) is 44.0 Å². The molecule has 146 valence electrons. The number of benzene rings is 2. The summed E-state index contributed by atoms with van der Waals surface area (Å²) in [7, 11) is 0. The lowest BCUT2D eigenvalue weighted by Gasteiger charge is -2.08. The number of allylic oxidation sites excluding steroid dienone is 3. The maximum Gasteiger partial charge on any atom is 0.454 e. The number of carbonyl (C=O) groups excluding carboxylic acids is 1. The zero-order chi connectivity index (χ0) is 20.6. The molecule has 2 aliphatic carbocycles. The van der Waals surface area contributed by atoms with Gasteiger partial charge in [0.2, 0.25) is 0 Å². The SMILES string of the molecule is Brc1ccc2c(c1)CC(I)=C2.O=C(C1=C(I)Cc2cc(Br)ccc21)C(F)(F)F. The number of carbonyl (C=O) groups is 1. The molecule has 0 aromatic heterocycles. The molecule has 2 aromatic rings. The van der Waals surface area contributed by atoms with Crippen LogP contribution in [0.2, 0.25) is 0 Å². The first-order valence-corrected chi connectivity index (χ1v) is 11.7. The van der Waals surface area contributed by atoms with Crippen molar-refractivity contribution in [2.45, 2.75) is 19.0 Å². The Morgan fingerprint density at radius 1 is 0.929 bits per heavy atom. The summed E-state index contributed by atoms with van der Waals surface area (Å²) < 4.78 is 41.2. The maximum atomic E-state index is 12.5. The third-order valence-electron chi connectivity index (χ3n) is 4.21. The summed E-state index contributed by atoms with van der Waals surface area (Å²) in [6.45, 7) is 0. The molecule has 0 aliphatic heterocycles. The molecule has 0 amide bonds. The molecule has 0 spiro atoms. The fourth-order valence-corrected chi connectivity index (χ4v) is 5.52. The number of fused-ring (bicyclic) bond motifs is 2. The van der Waals surface area contributed by atoms with Gasteiger partial charge in [-0.2, -0.15) is 13.2 Å². The van der Waals surface area contributed by atoms with Crippen molar-refractivity contribution in [1.29, 1.82) is 0 Å². The Morgan fingerprint density at radius 2 is 1.54 bits per heavy atom. The lowest BCUT2D eigenvalue weighted by Crippen LogP contribution is -2.23. The van der Waals surface area contributed by atoms with Crippen LogP contribution in [0.4, 0.5) is 13.2 Å². The highest BCUT2D eigenvalue weighted by Crippen LogP contribution is 2.41. The first-order chi connectivity index (χ1) is 13.1. The minimum atomic E-state index is -4.82. The van der Waals surface area contributed by atoms with Gasteiger partial charge < -0.3 is 0 Å². The predicted octanol–water partition coefficient (Wildman–Crippen LogP) is 8.06. The average Bonchev–Trinajstić information content (AvgIpc) is 3.10. The van der Waals surface area contributed by atoms with E-state index in [1.54, 1.807) is 40.8 Å². The van der Waals surface area contributed by atoms with Crippen molar-refractivity contribution in [3.63, 3.8) is 0 Å². The van der Waals surface area contributed by atoms with Crippen LogP contribution in [0.15, 0.2) is 52.5 Å². The van der Waals surface area contributed by atoms with Crippen LogP contribution in [0.3, 0.4) is 0 Å². The molecule has 28 heavy (non-hydrogen) atoms. The zero-order valence-electron chi connectivity index (χ0n) is 14.0. The van der Waals surface area contributed by atoms with E-state index < -0.39 is 12.0 Å². The molecule has 1 nitrogen and oxygen atoms in total. The Labute approximate surface area is 204 Å². The summed E-state index contributed by atoms with van der Waals surface area (Å²) in [5, 5.41) is 0. The van der Waals surface area contributed by atoms with Crippen molar-refractivity contribution >= 4 is 94.5 Å². The van der Waals surface area contributed by atoms with E-state index in [1.165, 1.54) is 19.2 Å². The molecule has 0 fully saturated rings. The van der Waals surface area contributed by atoms with Crippen LogP contribution in [0.25, 0.3) is 11.6 Å². The summed E-state index contributed by atoms with van der Waals surface area (Å²) in [6, 6.07) is 11.4. The molecule has 0 saturated heterocycles. The predicted molar refractivity (Wildman–Crippen MR) is 130 cm³/mol. The Bertz CT molecular complexity index is 1030. The molecule has 0 unspecified atom stereocenters. The van der Waals surface area contributed by atoms with E-state index in [1.807, 2.05) is 0 Å². The number of alkyl halides is 3. The minimum absolute atomic E-state index is 0.208. The third-order valence-corrected chi connectivity index (χ3v) is 6.81. The molecule has 8 heteroatoms. The highest BCUT2D eigenvalue weighted by molar-refractivity contribution is 14.1. The Balaban J connectivity index is 0.000000176. The topological polar surface area (TPSA) is 17.1 Å². The standard InChI is InChI=1S/C11H5BrF3IO.C9H6BrI/c12-6-1-2-7-5(3-6)4-8(16)9(7)10(17)11(13,14)15;10-8-2-1-6-4-9(11)5-7(6)3-8/h1-3H,4H2;1-4H,5H2. The van der Waals surface area contributed by atoms with Crippen molar-refractivity contribution in [3.05, 3.63) is 74.8 Å². The van der Waals surface area contributed by atoms with E-state index in [9.17, 15) is 18.0 Å². The van der Waals surface area contributed by atoms with E-state index >= 15 is 0 Å². The van der Waals surface area contributed by atoms with Crippen LogP contribution in [0, 0.1) is 0 Å². The highest BCUT2D eigenvalue weighted by atomic mass is 127. The molecule has 4 rings (SSSR count). The van der Waals surface area contributed by atoms with Crippen molar-refractivity contribution in [2.24, 2.45) is 0 Å². The summed E-state index contributed by atoms with van der Waals surface area (Å²) in [5.74, 6) is -1.76. The van der Waals surface area contributed by atoms with Crippen LogP contribution < -0.4 is 0 Å². The van der Waals surface area contributed by atoms with Gasteiger partial charge in [-0.15, -0.1) is 0 Å².